The van der Waals surface area contributed by atoms with Gasteiger partial charge in [0.15, 0.2) is 0 Å². The van der Waals surface area contributed by atoms with Gasteiger partial charge in [0.25, 0.3) is 6.43 Å². The lowest BCUT2D eigenvalue weighted by atomic mass is 10.1. The summed E-state index contributed by atoms with van der Waals surface area (Å²) in [6.07, 6.45) is -2.79. The van der Waals surface area contributed by atoms with Crippen LogP contribution < -0.4 is 4.74 Å². The maximum absolute atomic E-state index is 12.7. The lowest BCUT2D eigenvalue weighted by Crippen LogP contribution is -2.11. The predicted octanol–water partition coefficient (Wildman–Crippen LogP) is 2.42. The highest BCUT2D eigenvalue weighted by Crippen LogP contribution is 2.29. The number of carbonyl (C=O) groups is 1. The van der Waals surface area contributed by atoms with Crippen molar-refractivity contribution in [3.8, 4) is 5.88 Å². The third-order valence-electron chi connectivity index (χ3n) is 1.82. The number of pyridine rings is 1. The van der Waals surface area contributed by atoms with Crippen molar-refractivity contribution >= 4 is 28.6 Å². The van der Waals surface area contributed by atoms with E-state index in [2.05, 4.69) is 9.72 Å². The van der Waals surface area contributed by atoms with Gasteiger partial charge in [0, 0.05) is 11.6 Å². The van der Waals surface area contributed by atoms with Gasteiger partial charge in [-0.3, -0.25) is 0 Å². The van der Waals surface area contributed by atoms with E-state index in [9.17, 15) is 13.6 Å². The molecular weight excluding hydrogens is 335 g/mol. The molecule has 0 bridgehead atoms. The van der Waals surface area contributed by atoms with E-state index >= 15 is 0 Å². The van der Waals surface area contributed by atoms with Crippen LogP contribution in [0.15, 0.2) is 6.07 Å². The zero-order valence-corrected chi connectivity index (χ0v) is 10.6. The molecule has 4 nitrogen and oxygen atoms in total. The highest BCUT2D eigenvalue weighted by Gasteiger charge is 2.24. The first-order chi connectivity index (χ1) is 7.51. The van der Waals surface area contributed by atoms with Gasteiger partial charge in [-0.15, -0.1) is 0 Å². The third kappa shape index (κ3) is 2.57. The van der Waals surface area contributed by atoms with Gasteiger partial charge in [-0.1, -0.05) is 0 Å². The first-order valence-electron chi connectivity index (χ1n) is 4.12. The smallest absolute Gasteiger partial charge is 0.341 e. The number of hydrogen-bond donors (Lipinski definition) is 0. The fourth-order valence-corrected chi connectivity index (χ4v) is 1.86. The van der Waals surface area contributed by atoms with Crippen molar-refractivity contribution in [3.63, 3.8) is 0 Å². The maximum Gasteiger partial charge on any atom is 0.341 e. The molecule has 1 aromatic heterocycles. The molecule has 7 heteroatoms. The van der Waals surface area contributed by atoms with Crippen molar-refractivity contribution in [3.05, 3.63) is 20.9 Å². The molecule has 0 atom stereocenters. The summed E-state index contributed by atoms with van der Waals surface area (Å²) in [6, 6.07) is 1.03. The Hall–Kier alpha value is -0.990. The average molecular weight is 343 g/mol. The van der Waals surface area contributed by atoms with Gasteiger partial charge in [-0.2, -0.15) is 0 Å². The van der Waals surface area contributed by atoms with Crippen LogP contribution >= 0.6 is 22.6 Å². The Morgan fingerprint density at radius 3 is 2.56 bits per heavy atom. The topological polar surface area (TPSA) is 48.4 Å². The molecule has 0 fully saturated rings. The minimum absolute atomic E-state index is 0.0346. The van der Waals surface area contributed by atoms with Gasteiger partial charge in [0.2, 0.25) is 5.88 Å². The van der Waals surface area contributed by atoms with E-state index in [1.165, 1.54) is 7.11 Å². The second-order valence-electron chi connectivity index (χ2n) is 2.71. The molecule has 1 aromatic rings. The van der Waals surface area contributed by atoms with Crippen LogP contribution in [-0.2, 0) is 4.74 Å². The molecule has 1 rings (SSSR count). The summed E-state index contributed by atoms with van der Waals surface area (Å²) in [5, 5.41) is 0. The molecule has 0 aliphatic carbocycles. The predicted molar refractivity (Wildman–Crippen MR) is 59.8 cm³/mol. The van der Waals surface area contributed by atoms with Crippen LogP contribution in [0.3, 0.4) is 0 Å². The minimum Gasteiger partial charge on any atom is -0.481 e. The number of aromatic nitrogens is 1. The first kappa shape index (κ1) is 13.1. The summed E-state index contributed by atoms with van der Waals surface area (Å²) in [7, 11) is 2.43. The summed E-state index contributed by atoms with van der Waals surface area (Å²) >= 11 is 1.68. The van der Waals surface area contributed by atoms with Gasteiger partial charge in [0.1, 0.15) is 9.26 Å². The van der Waals surface area contributed by atoms with Crippen molar-refractivity contribution in [2.75, 3.05) is 14.2 Å². The summed E-state index contributed by atoms with van der Waals surface area (Å²) < 4.78 is 34.8. The van der Waals surface area contributed by atoms with E-state index in [1.54, 1.807) is 22.6 Å². The van der Waals surface area contributed by atoms with E-state index in [4.69, 9.17) is 4.74 Å². The fraction of sp³-hybridized carbons (Fsp3) is 0.333. The summed E-state index contributed by atoms with van der Waals surface area (Å²) in [5.74, 6) is -0.804. The Morgan fingerprint density at radius 1 is 1.50 bits per heavy atom. The molecule has 0 saturated heterocycles. The van der Waals surface area contributed by atoms with Crippen LogP contribution in [0.25, 0.3) is 0 Å². The van der Waals surface area contributed by atoms with Crippen LogP contribution in [0.5, 0.6) is 5.88 Å². The Bertz CT molecular complexity index is 412. The third-order valence-corrected chi connectivity index (χ3v) is 2.60. The van der Waals surface area contributed by atoms with Crippen molar-refractivity contribution in [1.29, 1.82) is 0 Å². The van der Waals surface area contributed by atoms with E-state index in [0.29, 0.717) is 0 Å². The second-order valence-corrected chi connectivity index (χ2v) is 3.73. The molecule has 0 aliphatic rings. The summed E-state index contributed by atoms with van der Waals surface area (Å²) in [5.41, 5.74) is -0.665. The summed E-state index contributed by atoms with van der Waals surface area (Å²) in [6.45, 7) is 0. The van der Waals surface area contributed by atoms with E-state index in [1.807, 2.05) is 0 Å². The highest BCUT2D eigenvalue weighted by molar-refractivity contribution is 14.1. The van der Waals surface area contributed by atoms with E-state index in [0.717, 1.165) is 13.2 Å². The van der Waals surface area contributed by atoms with Gasteiger partial charge in [0.05, 0.1) is 14.2 Å². The zero-order valence-electron chi connectivity index (χ0n) is 8.46. The normalized spacial score (nSPS) is 10.4. The largest absolute Gasteiger partial charge is 0.481 e. The molecule has 0 radical (unpaired) electrons. The van der Waals surface area contributed by atoms with Crippen LogP contribution in [0.1, 0.15) is 22.3 Å². The molecule has 1 heterocycles. The number of alkyl halides is 2. The molecule has 0 spiro atoms. The van der Waals surface area contributed by atoms with Gasteiger partial charge >= 0.3 is 5.97 Å². The number of nitrogens with zero attached hydrogens (tertiary/aromatic N) is 1. The van der Waals surface area contributed by atoms with Crippen LogP contribution in [0.2, 0.25) is 0 Å². The Labute approximate surface area is 104 Å². The Kier molecular flexibility index (Phi) is 4.39. The molecule has 0 unspecified atom stereocenters. The van der Waals surface area contributed by atoms with E-state index in [-0.39, 0.29) is 15.1 Å². The monoisotopic (exact) mass is 343 g/mol. The number of methoxy groups -OCH3 is 2. The Morgan fingerprint density at radius 2 is 2.12 bits per heavy atom. The van der Waals surface area contributed by atoms with Crippen LogP contribution in [0, 0.1) is 3.70 Å². The van der Waals surface area contributed by atoms with Gasteiger partial charge < -0.3 is 9.47 Å². The van der Waals surface area contributed by atoms with Crippen molar-refractivity contribution in [2.45, 2.75) is 6.43 Å². The number of hydrogen-bond acceptors (Lipinski definition) is 4. The molecule has 0 N–H and O–H groups in total. The molecular formula is C9H8F2INO3. The van der Waals surface area contributed by atoms with Crippen molar-refractivity contribution < 1.29 is 23.0 Å². The van der Waals surface area contributed by atoms with Gasteiger partial charge in [-0.25, -0.2) is 18.6 Å². The van der Waals surface area contributed by atoms with Crippen molar-refractivity contribution in [2.24, 2.45) is 0 Å². The molecule has 0 aliphatic heterocycles. The molecule has 88 valence electrons. The quantitative estimate of drug-likeness (QED) is 0.481. The second kappa shape index (κ2) is 5.37. The Balaban J connectivity index is 3.39. The average Bonchev–Trinajstić information content (AvgIpc) is 2.26. The maximum atomic E-state index is 12.7. The first-order valence-corrected chi connectivity index (χ1v) is 5.20. The van der Waals surface area contributed by atoms with Crippen molar-refractivity contribution in [1.82, 2.24) is 4.98 Å². The molecule has 16 heavy (non-hydrogen) atoms. The standard InChI is InChI=1S/C9H8F2INO3/c1-15-5-3-4(7(10)11)6(8(12)13-5)9(14)16-2/h3,7H,1-2H3. The zero-order chi connectivity index (χ0) is 12.3. The lowest BCUT2D eigenvalue weighted by Gasteiger charge is -2.10. The van der Waals surface area contributed by atoms with Crippen LogP contribution in [0.4, 0.5) is 8.78 Å². The fourth-order valence-electron chi connectivity index (χ4n) is 1.09. The molecule has 0 aromatic carbocycles. The number of rotatable bonds is 3. The lowest BCUT2D eigenvalue weighted by molar-refractivity contribution is 0.0587. The van der Waals surface area contributed by atoms with E-state index < -0.39 is 18.0 Å². The number of carbonyl (C=O) groups excluding carboxylic acids is 1. The number of ether oxygens (including phenoxy) is 2. The molecule has 0 amide bonds. The number of halogens is 3. The SMILES string of the molecule is COC(=O)c1c(C(F)F)cc(OC)nc1I. The highest BCUT2D eigenvalue weighted by atomic mass is 127. The number of esters is 1. The van der Waals surface area contributed by atoms with Crippen LogP contribution in [-0.4, -0.2) is 25.2 Å². The molecule has 0 saturated carbocycles. The summed E-state index contributed by atoms with van der Waals surface area (Å²) in [4.78, 5) is 15.2. The van der Waals surface area contributed by atoms with Gasteiger partial charge in [-0.05, 0) is 22.6 Å². The minimum atomic E-state index is -2.79.